The first-order valence-corrected chi connectivity index (χ1v) is 4.78. The number of rotatable bonds is 4. The van der Waals surface area contributed by atoms with E-state index >= 15 is 0 Å². The second-order valence-corrected chi connectivity index (χ2v) is 3.63. The molecule has 0 N–H and O–H groups in total. The number of hydrogen-bond donors (Lipinski definition) is 0. The fourth-order valence-electron chi connectivity index (χ4n) is 1.25. The van der Waals surface area contributed by atoms with Crippen LogP contribution in [0.3, 0.4) is 0 Å². The monoisotopic (exact) mass is 183 g/mol. The SMILES string of the molecule is CCc1c(F)[c]nn1CCC(C)C. The van der Waals surface area contributed by atoms with Crippen LogP contribution in [0.2, 0.25) is 0 Å². The van der Waals surface area contributed by atoms with Gasteiger partial charge >= 0.3 is 0 Å². The van der Waals surface area contributed by atoms with Crippen LogP contribution < -0.4 is 0 Å². The smallest absolute Gasteiger partial charge is 0.174 e. The Hall–Kier alpha value is -0.860. The van der Waals surface area contributed by atoms with Gasteiger partial charge in [0.1, 0.15) is 0 Å². The molecule has 0 fully saturated rings. The van der Waals surface area contributed by atoms with E-state index in [0.717, 1.165) is 13.0 Å². The molecule has 0 saturated heterocycles. The molecule has 0 bridgehead atoms. The molecule has 73 valence electrons. The third kappa shape index (κ3) is 2.54. The Morgan fingerprint density at radius 1 is 1.54 bits per heavy atom. The van der Waals surface area contributed by atoms with Gasteiger partial charge in [0.15, 0.2) is 12.0 Å². The molecule has 0 aliphatic carbocycles. The molecule has 2 nitrogen and oxygen atoms in total. The molecule has 1 aromatic rings. The normalized spacial score (nSPS) is 11.2. The van der Waals surface area contributed by atoms with E-state index < -0.39 is 0 Å². The molecule has 1 heterocycles. The number of hydrogen-bond acceptors (Lipinski definition) is 1. The van der Waals surface area contributed by atoms with Crippen molar-refractivity contribution < 1.29 is 4.39 Å². The summed E-state index contributed by atoms with van der Waals surface area (Å²) < 4.78 is 14.7. The van der Waals surface area contributed by atoms with E-state index in [1.807, 2.05) is 6.92 Å². The molecule has 1 radical (unpaired) electrons. The van der Waals surface area contributed by atoms with Crippen molar-refractivity contribution in [3.05, 3.63) is 17.7 Å². The Morgan fingerprint density at radius 3 is 2.77 bits per heavy atom. The summed E-state index contributed by atoms with van der Waals surface area (Å²) in [5.74, 6) is 0.322. The molecule has 0 atom stereocenters. The Bertz CT molecular complexity index is 266. The summed E-state index contributed by atoms with van der Waals surface area (Å²) in [5.41, 5.74) is 0.667. The third-order valence-corrected chi connectivity index (χ3v) is 2.09. The van der Waals surface area contributed by atoms with Crippen LogP contribution in [0.15, 0.2) is 0 Å². The average Bonchev–Trinajstić information content (AvgIpc) is 2.42. The standard InChI is InChI=1S/C10H16FN2/c1-4-10-9(11)7-12-13(10)6-5-8(2)3/h8H,4-6H2,1-3H3. The summed E-state index contributed by atoms with van der Waals surface area (Å²) in [6.07, 6.45) is 4.07. The van der Waals surface area contributed by atoms with E-state index in [1.54, 1.807) is 4.68 Å². The fraction of sp³-hybridized carbons (Fsp3) is 0.700. The fourth-order valence-corrected chi connectivity index (χ4v) is 1.25. The van der Waals surface area contributed by atoms with Crippen LogP contribution in [-0.4, -0.2) is 9.78 Å². The molecule has 0 aliphatic heterocycles. The molecule has 13 heavy (non-hydrogen) atoms. The summed E-state index contributed by atoms with van der Waals surface area (Å²) in [6.45, 7) is 7.02. The van der Waals surface area contributed by atoms with Gasteiger partial charge in [-0.1, -0.05) is 20.8 Å². The maximum atomic E-state index is 13.0. The molecule has 0 aliphatic rings. The Morgan fingerprint density at radius 2 is 2.23 bits per heavy atom. The van der Waals surface area contributed by atoms with Gasteiger partial charge in [-0.05, 0) is 18.8 Å². The molecule has 0 saturated carbocycles. The van der Waals surface area contributed by atoms with E-state index in [1.165, 1.54) is 0 Å². The lowest BCUT2D eigenvalue weighted by molar-refractivity contribution is 0.471. The maximum absolute atomic E-state index is 13.0. The molecule has 1 aromatic heterocycles. The van der Waals surface area contributed by atoms with Gasteiger partial charge in [0.05, 0.1) is 5.69 Å². The van der Waals surface area contributed by atoms with Gasteiger partial charge in [-0.15, -0.1) is 0 Å². The first-order chi connectivity index (χ1) is 6.15. The lowest BCUT2D eigenvalue weighted by Gasteiger charge is -2.07. The maximum Gasteiger partial charge on any atom is 0.174 e. The van der Waals surface area contributed by atoms with Crippen molar-refractivity contribution in [3.8, 4) is 0 Å². The quantitative estimate of drug-likeness (QED) is 0.701. The number of aromatic nitrogens is 2. The average molecular weight is 183 g/mol. The zero-order chi connectivity index (χ0) is 9.84. The minimum Gasteiger partial charge on any atom is -0.266 e. The largest absolute Gasteiger partial charge is 0.266 e. The highest BCUT2D eigenvalue weighted by Gasteiger charge is 2.08. The summed E-state index contributed by atoms with van der Waals surface area (Å²) in [4.78, 5) is 0. The van der Waals surface area contributed by atoms with Crippen LogP contribution in [0.1, 0.15) is 32.9 Å². The first kappa shape index (κ1) is 10.2. The molecule has 0 amide bonds. The summed E-state index contributed by atoms with van der Waals surface area (Å²) in [5, 5.41) is 3.88. The van der Waals surface area contributed by atoms with Crippen LogP contribution in [0.5, 0.6) is 0 Å². The highest BCUT2D eigenvalue weighted by molar-refractivity contribution is 5.02. The summed E-state index contributed by atoms with van der Waals surface area (Å²) in [7, 11) is 0. The van der Waals surface area contributed by atoms with Crippen molar-refractivity contribution in [1.82, 2.24) is 9.78 Å². The van der Waals surface area contributed by atoms with Crippen molar-refractivity contribution in [3.63, 3.8) is 0 Å². The van der Waals surface area contributed by atoms with Gasteiger partial charge in [-0.3, -0.25) is 4.68 Å². The van der Waals surface area contributed by atoms with E-state index in [4.69, 9.17) is 0 Å². The molecule has 0 unspecified atom stereocenters. The third-order valence-electron chi connectivity index (χ3n) is 2.09. The van der Waals surface area contributed by atoms with E-state index in [9.17, 15) is 4.39 Å². The first-order valence-electron chi connectivity index (χ1n) is 4.78. The van der Waals surface area contributed by atoms with E-state index in [2.05, 4.69) is 25.1 Å². The van der Waals surface area contributed by atoms with Gasteiger partial charge in [0.25, 0.3) is 0 Å². The number of halogens is 1. The van der Waals surface area contributed by atoms with Gasteiger partial charge < -0.3 is 0 Å². The van der Waals surface area contributed by atoms with Crippen molar-refractivity contribution >= 4 is 0 Å². The minimum atomic E-state index is -0.300. The molecular weight excluding hydrogens is 167 g/mol. The minimum absolute atomic E-state index is 0.300. The Labute approximate surface area is 78.8 Å². The molecule has 1 rings (SSSR count). The molecule has 0 spiro atoms. The summed E-state index contributed by atoms with van der Waals surface area (Å²) in [6, 6.07) is 0. The van der Waals surface area contributed by atoms with E-state index in [0.29, 0.717) is 18.0 Å². The Balaban J connectivity index is 2.65. The second-order valence-electron chi connectivity index (χ2n) is 3.63. The van der Waals surface area contributed by atoms with Crippen LogP contribution in [0, 0.1) is 17.9 Å². The topological polar surface area (TPSA) is 17.8 Å². The molecular formula is C10H16FN2. The van der Waals surface area contributed by atoms with Crippen molar-refractivity contribution in [2.75, 3.05) is 0 Å². The highest BCUT2D eigenvalue weighted by Crippen LogP contribution is 2.09. The number of aryl methyl sites for hydroxylation is 1. The van der Waals surface area contributed by atoms with Gasteiger partial charge in [-0.25, -0.2) is 4.39 Å². The van der Waals surface area contributed by atoms with Crippen molar-refractivity contribution in [1.29, 1.82) is 0 Å². The van der Waals surface area contributed by atoms with Crippen LogP contribution >= 0.6 is 0 Å². The van der Waals surface area contributed by atoms with Gasteiger partial charge in [0, 0.05) is 6.54 Å². The van der Waals surface area contributed by atoms with Crippen LogP contribution in [0.4, 0.5) is 4.39 Å². The zero-order valence-electron chi connectivity index (χ0n) is 8.47. The van der Waals surface area contributed by atoms with Gasteiger partial charge in [-0.2, -0.15) is 5.10 Å². The van der Waals surface area contributed by atoms with Gasteiger partial charge in [0.2, 0.25) is 0 Å². The van der Waals surface area contributed by atoms with Crippen molar-refractivity contribution in [2.24, 2.45) is 5.92 Å². The van der Waals surface area contributed by atoms with Crippen molar-refractivity contribution in [2.45, 2.75) is 40.2 Å². The van der Waals surface area contributed by atoms with Crippen LogP contribution in [-0.2, 0) is 13.0 Å². The predicted octanol–water partition coefficient (Wildman–Crippen LogP) is 2.43. The second kappa shape index (κ2) is 4.40. The lowest BCUT2D eigenvalue weighted by atomic mass is 10.1. The van der Waals surface area contributed by atoms with Crippen LogP contribution in [0.25, 0.3) is 0 Å². The lowest BCUT2D eigenvalue weighted by Crippen LogP contribution is -2.07. The molecule has 0 aromatic carbocycles. The molecule has 3 heteroatoms. The van der Waals surface area contributed by atoms with E-state index in [-0.39, 0.29) is 5.82 Å². The number of nitrogens with zero attached hydrogens (tertiary/aromatic N) is 2. The summed E-state index contributed by atoms with van der Waals surface area (Å²) >= 11 is 0. The highest BCUT2D eigenvalue weighted by atomic mass is 19.1. The predicted molar refractivity (Wildman–Crippen MR) is 49.9 cm³/mol. The Kier molecular flexibility index (Phi) is 3.46. The zero-order valence-corrected chi connectivity index (χ0v) is 8.47.